The number of esters is 1. The molecule has 0 fully saturated rings. The van der Waals surface area contributed by atoms with Crippen molar-refractivity contribution in [2.24, 2.45) is 0 Å². The molecular formula is C21H31ClN4O7. The van der Waals surface area contributed by atoms with E-state index in [0.29, 0.717) is 5.56 Å². The molecule has 0 aliphatic rings. The molecule has 0 bridgehead atoms. The molecule has 11 nitrogen and oxygen atoms in total. The Morgan fingerprint density at radius 1 is 1.06 bits per heavy atom. The molecule has 0 aliphatic heterocycles. The highest BCUT2D eigenvalue weighted by Crippen LogP contribution is 2.18. The fourth-order valence-electron chi connectivity index (χ4n) is 2.36. The third-order valence-corrected chi connectivity index (χ3v) is 4.07. The maximum absolute atomic E-state index is 12.3. The van der Waals surface area contributed by atoms with Crippen molar-refractivity contribution in [3.8, 4) is 0 Å². The number of hydrogen-bond donors (Lipinski definition) is 0. The minimum absolute atomic E-state index is 0.185. The first-order valence-electron chi connectivity index (χ1n) is 10.1. The molecule has 0 aromatic carbocycles. The van der Waals surface area contributed by atoms with Gasteiger partial charge in [-0.25, -0.2) is 14.6 Å². The number of amides is 3. The van der Waals surface area contributed by atoms with E-state index in [2.05, 4.69) is 4.98 Å². The van der Waals surface area contributed by atoms with Gasteiger partial charge in [-0.1, -0.05) is 17.7 Å². The number of rotatable bonds is 8. The average Bonchev–Trinajstić information content (AvgIpc) is 2.69. The van der Waals surface area contributed by atoms with Gasteiger partial charge in [-0.2, -0.15) is 0 Å². The molecule has 1 aromatic heterocycles. The van der Waals surface area contributed by atoms with Gasteiger partial charge in [0.15, 0.2) is 5.56 Å². The molecule has 33 heavy (non-hydrogen) atoms. The Bertz CT molecular complexity index is 857. The third-order valence-electron chi connectivity index (χ3n) is 3.98. The zero-order valence-electron chi connectivity index (χ0n) is 20.0. The first-order chi connectivity index (χ1) is 15.2. The third kappa shape index (κ3) is 9.94. The quantitative estimate of drug-likeness (QED) is 0.312. The number of alkyl halides is 1. The van der Waals surface area contributed by atoms with Crippen molar-refractivity contribution in [2.45, 2.75) is 45.5 Å². The first kappa shape index (κ1) is 28.0. The maximum atomic E-state index is 12.3. The average molecular weight is 487 g/mol. The van der Waals surface area contributed by atoms with Crippen LogP contribution in [-0.2, 0) is 30.4 Å². The van der Waals surface area contributed by atoms with Crippen LogP contribution in [0.5, 0.6) is 0 Å². The van der Waals surface area contributed by atoms with Gasteiger partial charge in [0, 0.05) is 32.9 Å². The summed E-state index contributed by atoms with van der Waals surface area (Å²) < 4.78 is 15.4. The van der Waals surface area contributed by atoms with Gasteiger partial charge < -0.3 is 24.0 Å². The van der Waals surface area contributed by atoms with Crippen molar-refractivity contribution < 1.29 is 33.4 Å². The highest BCUT2D eigenvalue weighted by Gasteiger charge is 2.24. The number of pyridine rings is 1. The standard InChI is InChI=1S/C21H31ClN4O7/c1-14(22)32-20(30)26(7)18-15(9-8-10-23-18)13-31-17(28)12-24(5)16(27)11-25(6)19(29)33-21(2,3)4/h8-10,14H,11-13H2,1-7H3. The van der Waals surface area contributed by atoms with Gasteiger partial charge >= 0.3 is 18.2 Å². The van der Waals surface area contributed by atoms with Crippen LogP contribution in [0.3, 0.4) is 0 Å². The topological polar surface area (TPSA) is 119 Å². The van der Waals surface area contributed by atoms with Crippen LogP contribution in [0.15, 0.2) is 18.3 Å². The van der Waals surface area contributed by atoms with E-state index in [1.54, 1.807) is 32.9 Å². The normalized spacial score (nSPS) is 11.8. The van der Waals surface area contributed by atoms with Crippen LogP contribution in [0.25, 0.3) is 0 Å². The molecule has 3 amide bonds. The minimum Gasteiger partial charge on any atom is -0.459 e. The van der Waals surface area contributed by atoms with Gasteiger partial charge in [0.25, 0.3) is 0 Å². The molecular weight excluding hydrogens is 456 g/mol. The number of aromatic nitrogens is 1. The molecule has 0 saturated carbocycles. The predicted molar refractivity (Wildman–Crippen MR) is 121 cm³/mol. The molecule has 0 N–H and O–H groups in total. The molecule has 1 unspecified atom stereocenters. The SMILES string of the molecule is CC(Cl)OC(=O)N(C)c1ncccc1COC(=O)CN(C)C(=O)CN(C)C(=O)OC(C)(C)C. The number of halogens is 1. The molecule has 1 atom stereocenters. The van der Waals surface area contributed by atoms with Crippen LogP contribution < -0.4 is 4.90 Å². The number of hydrogen-bond acceptors (Lipinski definition) is 8. The van der Waals surface area contributed by atoms with E-state index in [9.17, 15) is 19.2 Å². The monoisotopic (exact) mass is 486 g/mol. The zero-order valence-corrected chi connectivity index (χ0v) is 20.7. The second-order valence-corrected chi connectivity index (χ2v) is 8.83. The van der Waals surface area contributed by atoms with Crippen molar-refractivity contribution in [3.05, 3.63) is 23.9 Å². The van der Waals surface area contributed by atoms with Crippen LogP contribution in [0.1, 0.15) is 33.3 Å². The van der Waals surface area contributed by atoms with Crippen LogP contribution in [-0.4, -0.2) is 84.2 Å². The number of nitrogens with zero attached hydrogens (tertiary/aromatic N) is 4. The van der Waals surface area contributed by atoms with Crippen LogP contribution >= 0.6 is 11.6 Å². The molecule has 0 saturated heterocycles. The summed E-state index contributed by atoms with van der Waals surface area (Å²) in [7, 11) is 4.29. The summed E-state index contributed by atoms with van der Waals surface area (Å²) in [5, 5.41) is 0. The summed E-state index contributed by atoms with van der Waals surface area (Å²) in [5.41, 5.74) is -1.07. The summed E-state index contributed by atoms with van der Waals surface area (Å²) in [6, 6.07) is 3.26. The van der Waals surface area contributed by atoms with Crippen LogP contribution in [0, 0.1) is 0 Å². The lowest BCUT2D eigenvalue weighted by Gasteiger charge is -2.25. The number of carbonyl (C=O) groups excluding carboxylic acids is 4. The summed E-state index contributed by atoms with van der Waals surface area (Å²) in [6.07, 6.45) is 0.104. The van der Waals surface area contributed by atoms with E-state index < -0.39 is 35.2 Å². The second kappa shape index (κ2) is 12.2. The summed E-state index contributed by atoms with van der Waals surface area (Å²) in [5.74, 6) is -0.920. The van der Waals surface area contributed by atoms with E-state index in [1.165, 1.54) is 34.3 Å². The predicted octanol–water partition coefficient (Wildman–Crippen LogP) is 2.61. The van der Waals surface area contributed by atoms with Crippen molar-refractivity contribution >= 4 is 41.5 Å². The van der Waals surface area contributed by atoms with E-state index in [4.69, 9.17) is 25.8 Å². The highest BCUT2D eigenvalue weighted by molar-refractivity contribution is 6.20. The van der Waals surface area contributed by atoms with Crippen LogP contribution in [0.2, 0.25) is 0 Å². The lowest BCUT2D eigenvalue weighted by Crippen LogP contribution is -2.43. The van der Waals surface area contributed by atoms with E-state index in [-0.39, 0.29) is 25.5 Å². The summed E-state index contributed by atoms with van der Waals surface area (Å²) >= 11 is 5.68. The van der Waals surface area contributed by atoms with Crippen molar-refractivity contribution in [3.63, 3.8) is 0 Å². The molecule has 0 radical (unpaired) electrons. The number of anilines is 1. The summed E-state index contributed by atoms with van der Waals surface area (Å²) in [4.78, 5) is 56.1. The molecule has 184 valence electrons. The lowest BCUT2D eigenvalue weighted by atomic mass is 10.2. The Hall–Kier alpha value is -3.08. The fourth-order valence-corrected chi connectivity index (χ4v) is 2.44. The van der Waals surface area contributed by atoms with Gasteiger partial charge in [-0.3, -0.25) is 14.5 Å². The molecule has 0 aliphatic carbocycles. The van der Waals surface area contributed by atoms with Crippen molar-refractivity contribution in [2.75, 3.05) is 39.1 Å². The fraction of sp³-hybridized carbons (Fsp3) is 0.571. The lowest BCUT2D eigenvalue weighted by molar-refractivity contribution is -0.149. The molecule has 1 aromatic rings. The van der Waals surface area contributed by atoms with Gasteiger partial charge in [-0.05, 0) is 33.8 Å². The first-order valence-corrected chi connectivity index (χ1v) is 10.5. The Labute approximate surface area is 198 Å². The van der Waals surface area contributed by atoms with Crippen molar-refractivity contribution in [1.29, 1.82) is 0 Å². The minimum atomic E-state index is -0.827. The van der Waals surface area contributed by atoms with E-state index in [0.717, 1.165) is 14.7 Å². The molecule has 1 rings (SSSR count). The summed E-state index contributed by atoms with van der Waals surface area (Å²) in [6.45, 7) is 5.86. The number of ether oxygens (including phenoxy) is 3. The molecule has 12 heteroatoms. The Balaban J connectivity index is 2.64. The Morgan fingerprint density at radius 3 is 2.27 bits per heavy atom. The van der Waals surface area contributed by atoms with Crippen LogP contribution in [0.4, 0.5) is 15.4 Å². The highest BCUT2D eigenvalue weighted by atomic mass is 35.5. The Morgan fingerprint density at radius 2 is 1.70 bits per heavy atom. The van der Waals surface area contributed by atoms with Gasteiger partial charge in [0.05, 0.1) is 0 Å². The Kier molecular flexibility index (Phi) is 10.4. The van der Waals surface area contributed by atoms with E-state index in [1.807, 2.05) is 0 Å². The van der Waals surface area contributed by atoms with E-state index >= 15 is 0 Å². The number of likely N-dealkylation sites (N-methyl/N-ethyl adjacent to an activating group) is 2. The van der Waals surface area contributed by atoms with Gasteiger partial charge in [0.2, 0.25) is 5.91 Å². The maximum Gasteiger partial charge on any atom is 0.416 e. The molecule has 0 spiro atoms. The van der Waals surface area contributed by atoms with Gasteiger partial charge in [-0.15, -0.1) is 0 Å². The number of carbonyl (C=O) groups is 4. The second-order valence-electron chi connectivity index (χ2n) is 8.22. The molecule has 1 heterocycles. The zero-order chi connectivity index (χ0) is 25.3. The van der Waals surface area contributed by atoms with Gasteiger partial charge in [0.1, 0.15) is 31.1 Å². The van der Waals surface area contributed by atoms with Crippen molar-refractivity contribution in [1.82, 2.24) is 14.8 Å². The largest absolute Gasteiger partial charge is 0.459 e. The smallest absolute Gasteiger partial charge is 0.416 e.